The summed E-state index contributed by atoms with van der Waals surface area (Å²) >= 11 is 11.8. The van der Waals surface area contributed by atoms with Crippen LogP contribution in [0.3, 0.4) is 0 Å². The fraction of sp³-hybridized carbons (Fsp3) is 0.417. The number of likely N-dealkylation sites (tertiary alicyclic amines) is 1. The van der Waals surface area contributed by atoms with Crippen molar-refractivity contribution >= 4 is 29.1 Å². The van der Waals surface area contributed by atoms with Gasteiger partial charge >= 0.3 is 0 Å². The Kier molecular flexibility index (Phi) is 3.72. The zero-order valence-corrected chi connectivity index (χ0v) is 10.3. The molecule has 0 radical (unpaired) electrons. The van der Waals surface area contributed by atoms with E-state index in [2.05, 4.69) is 0 Å². The molecule has 1 aromatic carbocycles. The topological polar surface area (TPSA) is 20.3 Å². The summed E-state index contributed by atoms with van der Waals surface area (Å²) < 4.78 is 0. The minimum absolute atomic E-state index is 0.00355. The second-order valence-electron chi connectivity index (χ2n) is 4.02. The third-order valence-electron chi connectivity index (χ3n) is 2.83. The molecule has 1 heterocycles. The van der Waals surface area contributed by atoms with Crippen LogP contribution in [0.25, 0.3) is 0 Å². The third-order valence-corrected chi connectivity index (χ3v) is 3.77. The molecule has 2 atom stereocenters. The number of nitrogens with zero attached hydrogens (tertiary/aromatic N) is 1. The van der Waals surface area contributed by atoms with Crippen LogP contribution in [0.4, 0.5) is 0 Å². The normalized spacial score (nSPS) is 25.1. The van der Waals surface area contributed by atoms with Gasteiger partial charge in [0.1, 0.15) is 5.38 Å². The van der Waals surface area contributed by atoms with Crippen molar-refractivity contribution in [3.8, 4) is 0 Å². The molecule has 0 N–H and O–H groups in total. The van der Waals surface area contributed by atoms with E-state index in [-0.39, 0.29) is 11.8 Å². The van der Waals surface area contributed by atoms with Crippen molar-refractivity contribution in [2.24, 2.45) is 5.92 Å². The number of benzene rings is 1. The molecule has 16 heavy (non-hydrogen) atoms. The maximum absolute atomic E-state index is 11.8. The Bertz CT molecular complexity index is 369. The Morgan fingerprint density at radius 2 is 2.00 bits per heavy atom. The average molecular weight is 258 g/mol. The van der Waals surface area contributed by atoms with Gasteiger partial charge in [-0.3, -0.25) is 4.79 Å². The molecule has 0 spiro atoms. The number of alkyl halides is 2. The molecule has 0 unspecified atom stereocenters. The van der Waals surface area contributed by atoms with Crippen molar-refractivity contribution in [2.75, 3.05) is 12.4 Å². The van der Waals surface area contributed by atoms with Crippen LogP contribution in [-0.2, 0) is 11.3 Å². The molecule has 1 saturated heterocycles. The van der Waals surface area contributed by atoms with Gasteiger partial charge in [-0.25, -0.2) is 0 Å². The predicted octanol–water partition coefficient (Wildman–Crippen LogP) is 2.49. The van der Waals surface area contributed by atoms with Crippen LogP contribution in [0, 0.1) is 5.92 Å². The van der Waals surface area contributed by atoms with Gasteiger partial charge in [-0.1, -0.05) is 30.3 Å². The van der Waals surface area contributed by atoms with Gasteiger partial charge in [0, 0.05) is 24.9 Å². The van der Waals surface area contributed by atoms with Crippen LogP contribution in [0.5, 0.6) is 0 Å². The van der Waals surface area contributed by atoms with Gasteiger partial charge in [-0.2, -0.15) is 0 Å². The van der Waals surface area contributed by atoms with E-state index in [1.165, 1.54) is 0 Å². The Morgan fingerprint density at radius 3 is 2.56 bits per heavy atom. The van der Waals surface area contributed by atoms with Crippen molar-refractivity contribution < 1.29 is 4.79 Å². The van der Waals surface area contributed by atoms with Crippen LogP contribution >= 0.6 is 23.2 Å². The predicted molar refractivity (Wildman–Crippen MR) is 65.7 cm³/mol. The molecule has 1 fully saturated rings. The van der Waals surface area contributed by atoms with Gasteiger partial charge in [0.05, 0.1) is 0 Å². The monoisotopic (exact) mass is 257 g/mol. The highest BCUT2D eigenvalue weighted by Gasteiger charge is 2.38. The molecule has 4 heteroatoms. The van der Waals surface area contributed by atoms with E-state index >= 15 is 0 Å². The molecule has 2 nitrogen and oxygen atoms in total. The van der Waals surface area contributed by atoms with Gasteiger partial charge in [-0.15, -0.1) is 23.2 Å². The van der Waals surface area contributed by atoms with Crippen LogP contribution in [0.15, 0.2) is 30.3 Å². The highest BCUT2D eigenvalue weighted by Crippen LogP contribution is 2.25. The van der Waals surface area contributed by atoms with Crippen molar-refractivity contribution in [3.05, 3.63) is 35.9 Å². The molecule has 2 rings (SSSR count). The summed E-state index contributed by atoms with van der Waals surface area (Å²) in [6, 6.07) is 9.90. The molecule has 1 aromatic rings. The van der Waals surface area contributed by atoms with E-state index in [0.717, 1.165) is 5.56 Å². The van der Waals surface area contributed by atoms with Crippen LogP contribution < -0.4 is 0 Å². The maximum Gasteiger partial charge on any atom is 0.241 e. The SMILES string of the molecule is O=C1[C@@H](Cl)[C@@H](CCl)CN1Cc1ccccc1. The summed E-state index contributed by atoms with van der Waals surface area (Å²) in [5.41, 5.74) is 1.12. The molecule has 0 saturated carbocycles. The summed E-state index contributed by atoms with van der Waals surface area (Å²) in [5.74, 6) is 0.501. The summed E-state index contributed by atoms with van der Waals surface area (Å²) in [4.78, 5) is 13.6. The molecule has 1 aliphatic heterocycles. The fourth-order valence-electron chi connectivity index (χ4n) is 1.91. The van der Waals surface area contributed by atoms with Crippen LogP contribution in [0.1, 0.15) is 5.56 Å². The minimum Gasteiger partial charge on any atom is -0.337 e. The average Bonchev–Trinajstić information content (AvgIpc) is 2.58. The van der Waals surface area contributed by atoms with E-state index in [1.54, 1.807) is 4.90 Å². The molecule has 0 bridgehead atoms. The zero-order valence-electron chi connectivity index (χ0n) is 8.77. The summed E-state index contributed by atoms with van der Waals surface area (Å²) in [7, 11) is 0. The highest BCUT2D eigenvalue weighted by atomic mass is 35.5. The van der Waals surface area contributed by atoms with Crippen molar-refractivity contribution in [1.29, 1.82) is 0 Å². The minimum atomic E-state index is -0.457. The van der Waals surface area contributed by atoms with Crippen molar-refractivity contribution in [3.63, 3.8) is 0 Å². The van der Waals surface area contributed by atoms with Gasteiger partial charge < -0.3 is 4.90 Å². The molecular formula is C12H13Cl2NO. The molecule has 1 amide bonds. The Labute approximate surface area is 105 Å². The zero-order chi connectivity index (χ0) is 11.5. The van der Waals surface area contributed by atoms with Gasteiger partial charge in [-0.05, 0) is 5.56 Å². The van der Waals surface area contributed by atoms with Gasteiger partial charge in [0.25, 0.3) is 0 Å². The lowest BCUT2D eigenvalue weighted by atomic mass is 10.1. The van der Waals surface area contributed by atoms with E-state index in [9.17, 15) is 4.79 Å². The second-order valence-corrected chi connectivity index (χ2v) is 4.80. The van der Waals surface area contributed by atoms with E-state index in [4.69, 9.17) is 23.2 Å². The Balaban J connectivity index is 2.04. The number of carbonyl (C=O) groups excluding carboxylic acids is 1. The molecule has 0 aliphatic carbocycles. The smallest absolute Gasteiger partial charge is 0.241 e. The third kappa shape index (κ3) is 2.33. The second kappa shape index (κ2) is 5.07. The number of amides is 1. The summed E-state index contributed by atoms with van der Waals surface area (Å²) in [6.07, 6.45) is 0. The van der Waals surface area contributed by atoms with Crippen molar-refractivity contribution in [1.82, 2.24) is 4.90 Å². The van der Waals surface area contributed by atoms with Gasteiger partial charge in [0.15, 0.2) is 0 Å². The molecular weight excluding hydrogens is 245 g/mol. The van der Waals surface area contributed by atoms with E-state index in [0.29, 0.717) is 19.0 Å². The van der Waals surface area contributed by atoms with E-state index < -0.39 is 5.38 Å². The molecule has 1 aliphatic rings. The number of carbonyl (C=O) groups is 1. The van der Waals surface area contributed by atoms with E-state index in [1.807, 2.05) is 30.3 Å². The number of hydrogen-bond acceptors (Lipinski definition) is 1. The number of halogens is 2. The summed E-state index contributed by atoms with van der Waals surface area (Å²) in [6.45, 7) is 1.28. The lowest BCUT2D eigenvalue weighted by molar-refractivity contribution is -0.127. The lowest BCUT2D eigenvalue weighted by Gasteiger charge is -2.15. The molecule has 0 aromatic heterocycles. The lowest BCUT2D eigenvalue weighted by Crippen LogP contribution is -2.26. The quantitative estimate of drug-likeness (QED) is 0.763. The largest absolute Gasteiger partial charge is 0.337 e. The first kappa shape index (κ1) is 11.7. The van der Waals surface area contributed by atoms with Crippen LogP contribution in [0.2, 0.25) is 0 Å². The highest BCUT2D eigenvalue weighted by molar-refractivity contribution is 6.32. The fourth-order valence-corrected chi connectivity index (χ4v) is 2.59. The summed E-state index contributed by atoms with van der Waals surface area (Å²) in [5, 5.41) is -0.457. The molecule has 86 valence electrons. The standard InChI is InChI=1S/C12H13Cl2NO/c13-6-10-8-15(12(16)11(10)14)7-9-4-2-1-3-5-9/h1-5,10-11H,6-8H2/t10-,11-/m0/s1. The first-order valence-corrected chi connectivity index (χ1v) is 6.22. The Hall–Kier alpha value is -0.730. The first-order chi connectivity index (χ1) is 7.72. The number of rotatable bonds is 3. The maximum atomic E-state index is 11.8. The first-order valence-electron chi connectivity index (χ1n) is 5.25. The van der Waals surface area contributed by atoms with Gasteiger partial charge in [0.2, 0.25) is 5.91 Å². The van der Waals surface area contributed by atoms with Crippen LogP contribution in [-0.4, -0.2) is 28.6 Å². The Morgan fingerprint density at radius 1 is 1.31 bits per heavy atom. The van der Waals surface area contributed by atoms with Crippen molar-refractivity contribution in [2.45, 2.75) is 11.9 Å². The number of hydrogen-bond donors (Lipinski definition) is 0.